The van der Waals surface area contributed by atoms with Crippen LogP contribution in [0, 0.1) is 0 Å². The molecule has 0 heterocycles. The van der Waals surface area contributed by atoms with Gasteiger partial charge in [0.2, 0.25) is 15.9 Å². The third kappa shape index (κ3) is 3.52. The highest BCUT2D eigenvalue weighted by Crippen LogP contribution is 2.17. The molecule has 0 saturated heterocycles. The van der Waals surface area contributed by atoms with Crippen molar-refractivity contribution in [3.63, 3.8) is 0 Å². The van der Waals surface area contributed by atoms with Crippen molar-refractivity contribution in [2.75, 3.05) is 24.7 Å². The van der Waals surface area contributed by atoms with Crippen molar-refractivity contribution in [1.29, 1.82) is 0 Å². The fraction of sp³-hybridized carbons (Fsp3) is 0.300. The maximum atomic E-state index is 11.8. The van der Waals surface area contributed by atoms with Gasteiger partial charge in [0.15, 0.2) is 0 Å². The van der Waals surface area contributed by atoms with Crippen molar-refractivity contribution in [2.45, 2.75) is 4.90 Å². The smallest absolute Gasteiger partial charge is 0.242 e. The van der Waals surface area contributed by atoms with Crippen LogP contribution in [0.2, 0.25) is 0 Å². The van der Waals surface area contributed by atoms with Crippen LogP contribution in [0.3, 0.4) is 0 Å². The Hall–Kier alpha value is -0.920. The minimum absolute atomic E-state index is 0.148. The van der Waals surface area contributed by atoms with Gasteiger partial charge in [-0.15, -0.1) is 0 Å². The summed E-state index contributed by atoms with van der Waals surface area (Å²) in [6.45, 7) is 0. The average molecular weight is 321 g/mol. The van der Waals surface area contributed by atoms with Crippen molar-refractivity contribution < 1.29 is 13.2 Å². The van der Waals surface area contributed by atoms with Gasteiger partial charge in [0.25, 0.3) is 0 Å². The van der Waals surface area contributed by atoms with Gasteiger partial charge in [-0.2, -0.15) is 0 Å². The molecule has 0 saturated carbocycles. The monoisotopic (exact) mass is 320 g/mol. The fourth-order valence-corrected chi connectivity index (χ4v) is 2.23. The molecule has 94 valence electrons. The Bertz CT molecular complexity index is 514. The number of carbonyl (C=O) groups is 1. The van der Waals surface area contributed by atoms with E-state index in [-0.39, 0.29) is 16.1 Å². The van der Waals surface area contributed by atoms with Crippen LogP contribution in [0.5, 0.6) is 0 Å². The molecule has 1 aromatic carbocycles. The second-order valence-electron chi connectivity index (χ2n) is 3.50. The highest BCUT2D eigenvalue weighted by molar-refractivity contribution is 9.09. The van der Waals surface area contributed by atoms with Crippen LogP contribution in [0.25, 0.3) is 0 Å². The van der Waals surface area contributed by atoms with E-state index in [0.29, 0.717) is 5.69 Å². The number of rotatable bonds is 4. The predicted octanol–water partition coefficient (Wildman–Crippen LogP) is 1.27. The largest absolute Gasteiger partial charge is 0.325 e. The van der Waals surface area contributed by atoms with Crippen molar-refractivity contribution in [2.24, 2.45) is 0 Å². The number of nitrogens with zero attached hydrogens (tertiary/aromatic N) is 1. The second kappa shape index (κ2) is 5.61. The molecule has 0 aliphatic heterocycles. The van der Waals surface area contributed by atoms with Crippen LogP contribution in [0.1, 0.15) is 0 Å². The zero-order valence-electron chi connectivity index (χ0n) is 9.47. The van der Waals surface area contributed by atoms with E-state index in [1.165, 1.54) is 26.2 Å². The molecular weight excluding hydrogens is 308 g/mol. The minimum atomic E-state index is -3.47. The number of hydrogen-bond donors (Lipinski definition) is 1. The van der Waals surface area contributed by atoms with Crippen molar-refractivity contribution in [1.82, 2.24) is 4.31 Å². The summed E-state index contributed by atoms with van der Waals surface area (Å²) in [6, 6.07) is 6.13. The number of halogens is 1. The summed E-state index contributed by atoms with van der Waals surface area (Å²) in [5, 5.41) is 2.74. The number of anilines is 1. The first-order valence-electron chi connectivity index (χ1n) is 4.76. The summed E-state index contributed by atoms with van der Waals surface area (Å²) >= 11 is 3.01. The van der Waals surface area contributed by atoms with E-state index in [2.05, 4.69) is 21.2 Å². The first-order valence-corrected chi connectivity index (χ1v) is 7.32. The molecule has 0 fully saturated rings. The lowest BCUT2D eigenvalue weighted by atomic mass is 10.3. The fourth-order valence-electron chi connectivity index (χ4n) is 1.14. The summed E-state index contributed by atoms with van der Waals surface area (Å²) in [4.78, 5) is 11.3. The molecule has 0 aromatic heterocycles. The predicted molar refractivity (Wildman–Crippen MR) is 69.7 cm³/mol. The summed E-state index contributed by atoms with van der Waals surface area (Å²) in [6.07, 6.45) is 0. The first kappa shape index (κ1) is 14.1. The molecule has 0 bridgehead atoms. The van der Waals surface area contributed by atoms with Gasteiger partial charge in [-0.25, -0.2) is 12.7 Å². The number of carbonyl (C=O) groups excluding carboxylic acids is 1. The number of alkyl halides is 1. The molecular formula is C10H13BrN2O3S. The highest BCUT2D eigenvalue weighted by atomic mass is 79.9. The van der Waals surface area contributed by atoms with Crippen LogP contribution in [-0.2, 0) is 14.8 Å². The van der Waals surface area contributed by atoms with Crippen molar-refractivity contribution in [3.8, 4) is 0 Å². The highest BCUT2D eigenvalue weighted by Gasteiger charge is 2.17. The standard InChI is InChI=1S/C10H13BrN2O3S/c1-13(2)17(15,16)9-5-3-4-8(6-9)12-10(14)7-11/h3-6H,7H2,1-2H3,(H,12,14). The van der Waals surface area contributed by atoms with Gasteiger partial charge in [-0.05, 0) is 18.2 Å². The Kier molecular flexibility index (Phi) is 4.67. The van der Waals surface area contributed by atoms with E-state index in [4.69, 9.17) is 0 Å². The molecule has 0 aliphatic rings. The van der Waals surface area contributed by atoms with Crippen LogP contribution in [0.4, 0.5) is 5.69 Å². The van der Waals surface area contributed by atoms with E-state index >= 15 is 0 Å². The molecule has 7 heteroatoms. The number of benzene rings is 1. The first-order chi connectivity index (χ1) is 7.87. The van der Waals surface area contributed by atoms with Crippen LogP contribution < -0.4 is 5.32 Å². The third-order valence-corrected chi connectivity index (χ3v) is 4.34. The van der Waals surface area contributed by atoms with Gasteiger partial charge in [0.1, 0.15) is 0 Å². The van der Waals surface area contributed by atoms with Crippen molar-refractivity contribution in [3.05, 3.63) is 24.3 Å². The molecule has 0 spiro atoms. The Balaban J connectivity index is 3.06. The maximum absolute atomic E-state index is 11.8. The SMILES string of the molecule is CN(C)S(=O)(=O)c1cccc(NC(=O)CBr)c1. The Morgan fingerprint density at radius 3 is 2.59 bits per heavy atom. The quantitative estimate of drug-likeness (QED) is 0.850. The van der Waals surface area contributed by atoms with E-state index in [1.807, 2.05) is 0 Å². The molecule has 1 N–H and O–H groups in total. The normalized spacial score (nSPS) is 11.5. The van der Waals surface area contributed by atoms with Gasteiger partial charge in [0, 0.05) is 19.8 Å². The summed E-state index contributed by atoms with van der Waals surface area (Å²) < 4.78 is 24.8. The van der Waals surface area contributed by atoms with Crippen LogP contribution in [-0.4, -0.2) is 38.1 Å². The molecule has 5 nitrogen and oxygen atoms in total. The van der Waals surface area contributed by atoms with Crippen LogP contribution in [0.15, 0.2) is 29.2 Å². The lowest BCUT2D eigenvalue weighted by molar-refractivity contribution is -0.113. The topological polar surface area (TPSA) is 66.5 Å². The second-order valence-corrected chi connectivity index (χ2v) is 6.21. The average Bonchev–Trinajstić information content (AvgIpc) is 2.29. The molecule has 0 atom stereocenters. The van der Waals surface area contributed by atoms with Gasteiger partial charge >= 0.3 is 0 Å². The lowest BCUT2D eigenvalue weighted by Crippen LogP contribution is -2.22. The maximum Gasteiger partial charge on any atom is 0.242 e. The number of amides is 1. The molecule has 1 amide bonds. The molecule has 1 rings (SSSR count). The molecule has 17 heavy (non-hydrogen) atoms. The number of hydrogen-bond acceptors (Lipinski definition) is 3. The Morgan fingerprint density at radius 2 is 2.06 bits per heavy atom. The summed E-state index contributed by atoms with van der Waals surface area (Å²) in [5.41, 5.74) is 0.456. The zero-order valence-corrected chi connectivity index (χ0v) is 11.9. The van der Waals surface area contributed by atoms with E-state index in [0.717, 1.165) is 4.31 Å². The van der Waals surface area contributed by atoms with E-state index in [1.54, 1.807) is 12.1 Å². The van der Waals surface area contributed by atoms with Gasteiger partial charge in [0.05, 0.1) is 10.2 Å². The number of sulfonamides is 1. The molecule has 0 unspecified atom stereocenters. The van der Waals surface area contributed by atoms with Crippen LogP contribution >= 0.6 is 15.9 Å². The minimum Gasteiger partial charge on any atom is -0.325 e. The third-order valence-electron chi connectivity index (χ3n) is 2.02. The van der Waals surface area contributed by atoms with E-state index < -0.39 is 10.0 Å². The van der Waals surface area contributed by atoms with Gasteiger partial charge in [-0.3, -0.25) is 4.79 Å². The Morgan fingerprint density at radius 1 is 1.41 bits per heavy atom. The summed E-state index contributed by atoms with van der Waals surface area (Å²) in [5.74, 6) is -0.232. The summed E-state index contributed by atoms with van der Waals surface area (Å²) in [7, 11) is -0.557. The Labute approximate surface area is 109 Å². The molecule has 0 radical (unpaired) electrons. The van der Waals surface area contributed by atoms with Gasteiger partial charge in [-0.1, -0.05) is 22.0 Å². The van der Waals surface area contributed by atoms with Crippen molar-refractivity contribution >= 4 is 37.5 Å². The molecule has 0 aliphatic carbocycles. The van der Waals surface area contributed by atoms with E-state index in [9.17, 15) is 13.2 Å². The number of nitrogens with one attached hydrogen (secondary N) is 1. The lowest BCUT2D eigenvalue weighted by Gasteiger charge is -2.12. The van der Waals surface area contributed by atoms with Gasteiger partial charge < -0.3 is 5.32 Å². The molecule has 1 aromatic rings. The zero-order chi connectivity index (χ0) is 13.1.